The first-order valence-corrected chi connectivity index (χ1v) is 7.36. The molecule has 2 aromatic carbocycles. The van der Waals surface area contributed by atoms with Gasteiger partial charge in [0.1, 0.15) is 18.9 Å². The Kier molecular flexibility index (Phi) is 3.31. The average molecular weight is 306 g/mol. The topological polar surface area (TPSA) is 60.5 Å². The monoisotopic (exact) mass is 306 g/mol. The number of amides is 1. The van der Waals surface area contributed by atoms with Crippen LogP contribution in [0, 0.1) is 0 Å². The Balaban J connectivity index is 1.64. The Bertz CT molecular complexity index is 887. The molecule has 2 heterocycles. The van der Waals surface area contributed by atoms with Crippen LogP contribution in [0.1, 0.15) is 10.5 Å². The van der Waals surface area contributed by atoms with Crippen molar-refractivity contribution in [1.29, 1.82) is 0 Å². The van der Waals surface area contributed by atoms with Crippen LogP contribution in [0.5, 0.6) is 11.5 Å². The second-order valence-corrected chi connectivity index (χ2v) is 5.19. The number of pyridine rings is 1. The molecule has 1 N–H and O–H groups in total. The number of fused-ring (bicyclic) bond motifs is 2. The summed E-state index contributed by atoms with van der Waals surface area (Å²) in [5.41, 5.74) is 1.05. The van der Waals surface area contributed by atoms with Gasteiger partial charge in [-0.25, -0.2) is 0 Å². The minimum Gasteiger partial charge on any atom is -0.486 e. The first-order valence-electron chi connectivity index (χ1n) is 7.36. The second kappa shape index (κ2) is 5.61. The summed E-state index contributed by atoms with van der Waals surface area (Å²) in [5.74, 6) is 1.08. The van der Waals surface area contributed by atoms with Crippen molar-refractivity contribution in [3.8, 4) is 11.5 Å². The summed E-state index contributed by atoms with van der Waals surface area (Å²) >= 11 is 0. The Labute approximate surface area is 132 Å². The highest BCUT2D eigenvalue weighted by Crippen LogP contribution is 2.32. The average Bonchev–Trinajstić information content (AvgIpc) is 2.61. The molecule has 0 saturated carbocycles. The predicted octanol–water partition coefficient (Wildman–Crippen LogP) is 3.26. The van der Waals surface area contributed by atoms with Gasteiger partial charge in [-0.1, -0.05) is 24.3 Å². The molecule has 0 radical (unpaired) electrons. The first-order chi connectivity index (χ1) is 11.3. The highest BCUT2D eigenvalue weighted by atomic mass is 16.6. The number of carbonyl (C=O) groups excluding carboxylic acids is 1. The number of nitrogens with zero attached hydrogens (tertiary/aromatic N) is 1. The lowest BCUT2D eigenvalue weighted by molar-refractivity contribution is 0.102. The Morgan fingerprint density at radius 1 is 1.00 bits per heavy atom. The Morgan fingerprint density at radius 3 is 2.74 bits per heavy atom. The van der Waals surface area contributed by atoms with Crippen molar-refractivity contribution in [1.82, 2.24) is 4.98 Å². The molecular formula is C18H14N2O3. The van der Waals surface area contributed by atoms with Crippen LogP contribution in [-0.4, -0.2) is 24.1 Å². The third-order valence-electron chi connectivity index (χ3n) is 3.69. The summed E-state index contributed by atoms with van der Waals surface area (Å²) in [4.78, 5) is 16.8. The summed E-state index contributed by atoms with van der Waals surface area (Å²) in [6.45, 7) is 1.05. The fourth-order valence-electron chi connectivity index (χ4n) is 2.61. The minimum atomic E-state index is -0.251. The molecule has 5 nitrogen and oxygen atoms in total. The highest BCUT2D eigenvalue weighted by molar-refractivity contribution is 6.11. The zero-order valence-electron chi connectivity index (χ0n) is 12.3. The number of aromatic nitrogens is 1. The molecule has 23 heavy (non-hydrogen) atoms. The number of hydrogen-bond donors (Lipinski definition) is 1. The maximum atomic E-state index is 12.6. The normalized spacial score (nSPS) is 12.9. The molecule has 1 aromatic heterocycles. The van der Waals surface area contributed by atoms with E-state index in [1.54, 1.807) is 24.4 Å². The largest absolute Gasteiger partial charge is 0.486 e. The van der Waals surface area contributed by atoms with Crippen LogP contribution < -0.4 is 14.8 Å². The molecule has 114 valence electrons. The molecule has 0 bridgehead atoms. The smallest absolute Gasteiger partial charge is 0.274 e. The van der Waals surface area contributed by atoms with E-state index < -0.39 is 0 Å². The van der Waals surface area contributed by atoms with Gasteiger partial charge in [-0.2, -0.15) is 0 Å². The number of hydrogen-bond acceptors (Lipinski definition) is 4. The van der Waals surface area contributed by atoms with E-state index in [4.69, 9.17) is 9.47 Å². The number of ether oxygens (including phenoxy) is 2. The third-order valence-corrected chi connectivity index (χ3v) is 3.69. The van der Waals surface area contributed by atoms with E-state index in [2.05, 4.69) is 10.3 Å². The Morgan fingerprint density at radius 2 is 1.83 bits per heavy atom. The summed E-state index contributed by atoms with van der Waals surface area (Å²) in [5, 5.41) is 4.67. The van der Waals surface area contributed by atoms with Gasteiger partial charge in [0.05, 0.1) is 0 Å². The molecule has 0 spiro atoms. The predicted molar refractivity (Wildman–Crippen MR) is 87.1 cm³/mol. The molecule has 0 aliphatic carbocycles. The van der Waals surface area contributed by atoms with Crippen molar-refractivity contribution < 1.29 is 14.3 Å². The first kappa shape index (κ1) is 13.6. The number of carbonyl (C=O) groups is 1. The second-order valence-electron chi connectivity index (χ2n) is 5.19. The molecule has 1 aliphatic heterocycles. The van der Waals surface area contributed by atoms with Gasteiger partial charge >= 0.3 is 0 Å². The third kappa shape index (κ3) is 2.57. The lowest BCUT2D eigenvalue weighted by Crippen LogP contribution is -2.17. The zero-order chi connectivity index (χ0) is 15.6. The van der Waals surface area contributed by atoms with Gasteiger partial charge in [0.15, 0.2) is 11.5 Å². The summed E-state index contributed by atoms with van der Waals surface area (Å²) in [7, 11) is 0. The van der Waals surface area contributed by atoms with E-state index in [0.717, 1.165) is 10.8 Å². The maximum Gasteiger partial charge on any atom is 0.274 e. The minimum absolute atomic E-state index is 0.251. The molecule has 1 aliphatic rings. The Hall–Kier alpha value is -3.08. The summed E-state index contributed by atoms with van der Waals surface area (Å²) < 4.78 is 11.0. The molecule has 3 aromatic rings. The van der Waals surface area contributed by atoms with Crippen molar-refractivity contribution in [3.05, 3.63) is 60.4 Å². The fourth-order valence-corrected chi connectivity index (χ4v) is 2.61. The van der Waals surface area contributed by atoms with Crippen LogP contribution in [0.25, 0.3) is 10.8 Å². The number of anilines is 1. The highest BCUT2D eigenvalue weighted by Gasteiger charge is 2.15. The van der Waals surface area contributed by atoms with Crippen molar-refractivity contribution in [2.75, 3.05) is 18.5 Å². The molecule has 0 atom stereocenters. The van der Waals surface area contributed by atoms with Crippen LogP contribution in [0.2, 0.25) is 0 Å². The van der Waals surface area contributed by atoms with Crippen molar-refractivity contribution in [2.45, 2.75) is 0 Å². The summed E-state index contributed by atoms with van der Waals surface area (Å²) in [6.07, 6.45) is 1.64. The zero-order valence-corrected chi connectivity index (χ0v) is 12.3. The SMILES string of the molecule is O=C(Nc1ccc2c(c1)OCCO2)c1nccc2ccccc12. The molecule has 0 unspecified atom stereocenters. The van der Waals surface area contributed by atoms with Gasteiger partial charge in [-0.05, 0) is 23.6 Å². The number of benzene rings is 2. The van der Waals surface area contributed by atoms with E-state index in [0.29, 0.717) is 36.1 Å². The molecule has 0 saturated heterocycles. The lowest BCUT2D eigenvalue weighted by Gasteiger charge is -2.19. The number of nitrogens with one attached hydrogen (secondary N) is 1. The standard InChI is InChI=1S/C18H14N2O3/c21-18(17-14-4-2-1-3-12(14)7-8-19-17)20-13-5-6-15-16(11-13)23-10-9-22-15/h1-8,11H,9-10H2,(H,20,21). The fraction of sp³-hybridized carbons (Fsp3) is 0.111. The molecule has 4 rings (SSSR count). The van der Waals surface area contributed by atoms with Gasteiger partial charge in [-0.3, -0.25) is 9.78 Å². The van der Waals surface area contributed by atoms with Crippen LogP contribution in [0.3, 0.4) is 0 Å². The van der Waals surface area contributed by atoms with Crippen molar-refractivity contribution >= 4 is 22.4 Å². The van der Waals surface area contributed by atoms with Crippen LogP contribution in [-0.2, 0) is 0 Å². The van der Waals surface area contributed by atoms with Crippen LogP contribution >= 0.6 is 0 Å². The van der Waals surface area contributed by atoms with E-state index >= 15 is 0 Å². The van der Waals surface area contributed by atoms with Crippen molar-refractivity contribution in [2.24, 2.45) is 0 Å². The quantitative estimate of drug-likeness (QED) is 0.789. The molecule has 1 amide bonds. The van der Waals surface area contributed by atoms with Crippen LogP contribution in [0.15, 0.2) is 54.7 Å². The van der Waals surface area contributed by atoms with E-state index in [-0.39, 0.29) is 5.91 Å². The molecule has 5 heteroatoms. The lowest BCUT2D eigenvalue weighted by atomic mass is 10.1. The maximum absolute atomic E-state index is 12.6. The van der Waals surface area contributed by atoms with Gasteiger partial charge in [-0.15, -0.1) is 0 Å². The summed E-state index contributed by atoms with van der Waals surface area (Å²) in [6, 6.07) is 14.9. The van der Waals surface area contributed by atoms with E-state index in [1.165, 1.54) is 0 Å². The molecular weight excluding hydrogens is 292 g/mol. The van der Waals surface area contributed by atoms with Gasteiger partial charge in [0.2, 0.25) is 0 Å². The van der Waals surface area contributed by atoms with E-state index in [9.17, 15) is 4.79 Å². The van der Waals surface area contributed by atoms with Crippen LogP contribution in [0.4, 0.5) is 5.69 Å². The van der Waals surface area contributed by atoms with Gasteiger partial charge < -0.3 is 14.8 Å². The van der Waals surface area contributed by atoms with Gasteiger partial charge in [0, 0.05) is 23.3 Å². The number of rotatable bonds is 2. The van der Waals surface area contributed by atoms with Crippen molar-refractivity contribution in [3.63, 3.8) is 0 Å². The van der Waals surface area contributed by atoms with E-state index in [1.807, 2.05) is 30.3 Å². The van der Waals surface area contributed by atoms with Gasteiger partial charge in [0.25, 0.3) is 5.91 Å². The molecule has 0 fully saturated rings.